The Morgan fingerprint density at radius 3 is 2.69 bits per heavy atom. The van der Waals surface area contributed by atoms with Crippen LogP contribution in [0.25, 0.3) is 11.4 Å². The maximum absolute atomic E-state index is 12.3. The van der Waals surface area contributed by atoms with Gasteiger partial charge in [0.1, 0.15) is 0 Å². The van der Waals surface area contributed by atoms with Gasteiger partial charge in [-0.2, -0.15) is 0 Å². The van der Waals surface area contributed by atoms with Gasteiger partial charge in [-0.1, -0.05) is 37.1 Å². The third-order valence-electron chi connectivity index (χ3n) is 4.97. The third kappa shape index (κ3) is 5.32. The summed E-state index contributed by atoms with van der Waals surface area (Å²) in [4.78, 5) is 12.3. The molecule has 1 saturated carbocycles. The maximum atomic E-state index is 12.3. The highest BCUT2D eigenvalue weighted by molar-refractivity contribution is 7.99. The first-order chi connectivity index (χ1) is 14.2. The number of benzene rings is 1. The number of amides is 1. The van der Waals surface area contributed by atoms with Gasteiger partial charge in [0.05, 0.1) is 20.0 Å². The standard InChI is InChI=1S/C21H28N4O3S/c1-4-12-25-20(15-10-11-17(27-2)18(13-15)28-3)23-24-21(25)29-14-19(26)22-16-8-6-5-7-9-16/h4,10-11,13,16H,1,5-9,12,14H2,2-3H3,(H,22,26). The van der Waals surface area contributed by atoms with Gasteiger partial charge in [-0.3, -0.25) is 9.36 Å². The second-order valence-electron chi connectivity index (χ2n) is 6.97. The molecule has 2 aromatic rings. The molecule has 3 rings (SSSR count). The Labute approximate surface area is 175 Å². The molecule has 0 unspecified atom stereocenters. The SMILES string of the molecule is C=CCn1c(SCC(=O)NC2CCCCC2)nnc1-c1ccc(OC)c(OC)c1. The monoisotopic (exact) mass is 416 g/mol. The van der Waals surface area contributed by atoms with E-state index in [9.17, 15) is 4.79 Å². The van der Waals surface area contributed by atoms with Gasteiger partial charge >= 0.3 is 0 Å². The minimum absolute atomic E-state index is 0.0442. The van der Waals surface area contributed by atoms with Gasteiger partial charge in [-0.05, 0) is 31.0 Å². The molecule has 0 aliphatic heterocycles. The van der Waals surface area contributed by atoms with Crippen LogP contribution in [-0.2, 0) is 11.3 Å². The average Bonchev–Trinajstić information content (AvgIpc) is 3.15. The van der Waals surface area contributed by atoms with Crippen LogP contribution >= 0.6 is 11.8 Å². The van der Waals surface area contributed by atoms with Gasteiger partial charge in [0, 0.05) is 18.2 Å². The molecule has 1 aromatic heterocycles. The molecular weight excluding hydrogens is 388 g/mol. The van der Waals surface area contributed by atoms with Crippen molar-refractivity contribution >= 4 is 17.7 Å². The van der Waals surface area contributed by atoms with Crippen molar-refractivity contribution < 1.29 is 14.3 Å². The topological polar surface area (TPSA) is 78.3 Å². The Kier molecular flexibility index (Phi) is 7.57. The third-order valence-corrected chi connectivity index (χ3v) is 5.94. The highest BCUT2D eigenvalue weighted by Crippen LogP contribution is 2.33. The van der Waals surface area contributed by atoms with Crippen molar-refractivity contribution in [3.05, 3.63) is 30.9 Å². The maximum Gasteiger partial charge on any atom is 0.230 e. The summed E-state index contributed by atoms with van der Waals surface area (Å²) in [7, 11) is 3.20. The summed E-state index contributed by atoms with van der Waals surface area (Å²) in [5.74, 6) is 2.33. The molecule has 1 aromatic carbocycles. The predicted octanol–water partition coefficient (Wildman–Crippen LogP) is 3.69. The van der Waals surface area contributed by atoms with E-state index in [4.69, 9.17) is 9.47 Å². The van der Waals surface area contributed by atoms with Crippen LogP contribution < -0.4 is 14.8 Å². The molecular formula is C21H28N4O3S. The first-order valence-corrected chi connectivity index (χ1v) is 10.8. The van der Waals surface area contributed by atoms with E-state index in [0.717, 1.165) is 18.4 Å². The largest absolute Gasteiger partial charge is 0.493 e. The van der Waals surface area contributed by atoms with Crippen LogP contribution in [0.2, 0.25) is 0 Å². The molecule has 0 saturated heterocycles. The number of carbonyl (C=O) groups is 1. The molecule has 0 radical (unpaired) electrons. The van der Waals surface area contributed by atoms with Crippen molar-refractivity contribution in [3.63, 3.8) is 0 Å². The van der Waals surface area contributed by atoms with Gasteiger partial charge in [-0.15, -0.1) is 16.8 Å². The summed E-state index contributed by atoms with van der Waals surface area (Å²) in [6, 6.07) is 5.93. The fourth-order valence-corrected chi connectivity index (χ4v) is 4.28. The summed E-state index contributed by atoms with van der Waals surface area (Å²) in [5.41, 5.74) is 0.857. The van der Waals surface area contributed by atoms with Crippen LogP contribution in [0.5, 0.6) is 11.5 Å². The van der Waals surface area contributed by atoms with E-state index in [-0.39, 0.29) is 5.91 Å². The van der Waals surface area contributed by atoms with Gasteiger partial charge in [-0.25, -0.2) is 0 Å². The first kappa shape index (κ1) is 21.2. The van der Waals surface area contributed by atoms with E-state index in [1.165, 1.54) is 31.0 Å². The van der Waals surface area contributed by atoms with Crippen LogP contribution in [0.15, 0.2) is 36.0 Å². The molecule has 1 aliphatic rings. The molecule has 0 atom stereocenters. The Balaban J connectivity index is 1.73. The Morgan fingerprint density at radius 1 is 1.24 bits per heavy atom. The minimum atomic E-state index is 0.0442. The number of hydrogen-bond acceptors (Lipinski definition) is 6. The molecule has 1 fully saturated rings. The molecule has 1 amide bonds. The second-order valence-corrected chi connectivity index (χ2v) is 7.91. The average molecular weight is 417 g/mol. The zero-order valence-electron chi connectivity index (χ0n) is 17.0. The molecule has 0 bridgehead atoms. The molecule has 1 N–H and O–H groups in total. The van der Waals surface area contributed by atoms with Crippen LogP contribution in [0, 0.1) is 0 Å². The second kappa shape index (κ2) is 10.3. The van der Waals surface area contributed by atoms with Crippen molar-refractivity contribution in [1.29, 1.82) is 0 Å². The van der Waals surface area contributed by atoms with Crippen LogP contribution in [0.1, 0.15) is 32.1 Å². The van der Waals surface area contributed by atoms with Gasteiger partial charge in [0.25, 0.3) is 0 Å². The van der Waals surface area contributed by atoms with Gasteiger partial charge in [0.2, 0.25) is 5.91 Å². The van der Waals surface area contributed by atoms with Crippen molar-refractivity contribution in [2.45, 2.75) is 49.8 Å². The number of allylic oxidation sites excluding steroid dienone is 1. The normalized spacial score (nSPS) is 14.4. The fraction of sp³-hybridized carbons (Fsp3) is 0.476. The lowest BCUT2D eigenvalue weighted by Crippen LogP contribution is -2.37. The quantitative estimate of drug-likeness (QED) is 0.496. The highest BCUT2D eigenvalue weighted by Gasteiger charge is 2.19. The predicted molar refractivity (Wildman–Crippen MR) is 114 cm³/mol. The summed E-state index contributed by atoms with van der Waals surface area (Å²) < 4.78 is 12.7. The van der Waals surface area contributed by atoms with Crippen molar-refractivity contribution in [3.8, 4) is 22.9 Å². The molecule has 0 spiro atoms. The Bertz CT molecular complexity index is 846. The Hall–Kier alpha value is -2.48. The van der Waals surface area contributed by atoms with E-state index in [1.807, 2.05) is 22.8 Å². The minimum Gasteiger partial charge on any atom is -0.493 e. The molecule has 7 nitrogen and oxygen atoms in total. The number of methoxy groups -OCH3 is 2. The number of thioether (sulfide) groups is 1. The van der Waals surface area contributed by atoms with E-state index < -0.39 is 0 Å². The number of nitrogens with one attached hydrogen (secondary N) is 1. The summed E-state index contributed by atoms with van der Waals surface area (Å²) in [6.45, 7) is 4.38. The number of hydrogen-bond donors (Lipinski definition) is 1. The number of aromatic nitrogens is 3. The summed E-state index contributed by atoms with van der Waals surface area (Å²) in [5, 5.41) is 12.5. The molecule has 156 valence electrons. The van der Waals surface area contributed by atoms with E-state index in [2.05, 4.69) is 22.1 Å². The molecule has 29 heavy (non-hydrogen) atoms. The highest BCUT2D eigenvalue weighted by atomic mass is 32.2. The van der Waals surface area contributed by atoms with Crippen molar-refractivity contribution in [2.75, 3.05) is 20.0 Å². The van der Waals surface area contributed by atoms with Gasteiger partial charge < -0.3 is 14.8 Å². The van der Waals surface area contributed by atoms with Crippen molar-refractivity contribution in [2.24, 2.45) is 0 Å². The Morgan fingerprint density at radius 2 is 2.00 bits per heavy atom. The smallest absolute Gasteiger partial charge is 0.230 e. The van der Waals surface area contributed by atoms with Gasteiger partial charge in [0.15, 0.2) is 22.5 Å². The lowest BCUT2D eigenvalue weighted by molar-refractivity contribution is -0.119. The lowest BCUT2D eigenvalue weighted by Gasteiger charge is -2.22. The van der Waals surface area contributed by atoms with Crippen LogP contribution in [0.3, 0.4) is 0 Å². The summed E-state index contributed by atoms with van der Waals surface area (Å²) >= 11 is 1.39. The van der Waals surface area contributed by atoms with E-state index in [0.29, 0.717) is 40.8 Å². The zero-order valence-corrected chi connectivity index (χ0v) is 17.8. The first-order valence-electron chi connectivity index (χ1n) is 9.85. The fourth-order valence-electron chi connectivity index (χ4n) is 3.52. The molecule has 8 heteroatoms. The van der Waals surface area contributed by atoms with Crippen molar-refractivity contribution in [1.82, 2.24) is 20.1 Å². The molecule has 1 aliphatic carbocycles. The van der Waals surface area contributed by atoms with Crippen LogP contribution in [-0.4, -0.2) is 46.7 Å². The lowest BCUT2D eigenvalue weighted by atomic mass is 9.95. The van der Waals surface area contributed by atoms with Crippen LogP contribution in [0.4, 0.5) is 0 Å². The summed E-state index contributed by atoms with van der Waals surface area (Å²) in [6.07, 6.45) is 7.60. The molecule has 1 heterocycles. The number of rotatable bonds is 9. The number of carbonyl (C=O) groups excluding carboxylic acids is 1. The number of ether oxygens (including phenoxy) is 2. The van der Waals surface area contributed by atoms with E-state index >= 15 is 0 Å². The number of nitrogens with zero attached hydrogens (tertiary/aromatic N) is 3. The van der Waals surface area contributed by atoms with E-state index in [1.54, 1.807) is 20.3 Å². The zero-order chi connectivity index (χ0) is 20.6.